The van der Waals surface area contributed by atoms with Crippen LogP contribution in [-0.2, 0) is 5.41 Å². The van der Waals surface area contributed by atoms with Gasteiger partial charge in [-0.3, -0.25) is 0 Å². The molecule has 1 atom stereocenters. The molecule has 0 radical (unpaired) electrons. The highest BCUT2D eigenvalue weighted by Crippen LogP contribution is 2.35. The zero-order valence-corrected chi connectivity index (χ0v) is 17.9. The molecule has 0 aliphatic carbocycles. The van der Waals surface area contributed by atoms with Crippen LogP contribution in [0.4, 0.5) is 4.79 Å². The molecule has 2 heterocycles. The van der Waals surface area contributed by atoms with Gasteiger partial charge in [-0.05, 0) is 36.8 Å². The molecule has 4 rings (SSSR count). The zero-order chi connectivity index (χ0) is 21.3. The van der Waals surface area contributed by atoms with Gasteiger partial charge >= 0.3 is 6.03 Å². The Labute approximate surface area is 176 Å². The number of hydrogen-bond donors (Lipinski definition) is 1. The van der Waals surface area contributed by atoms with Gasteiger partial charge in [0.05, 0.1) is 6.04 Å². The molecule has 1 N–H and O–H groups in total. The van der Waals surface area contributed by atoms with Gasteiger partial charge in [0.15, 0.2) is 11.5 Å². The van der Waals surface area contributed by atoms with Gasteiger partial charge in [-0.2, -0.15) is 0 Å². The summed E-state index contributed by atoms with van der Waals surface area (Å²) in [6, 6.07) is 15.5. The van der Waals surface area contributed by atoms with E-state index in [4.69, 9.17) is 13.9 Å². The Balaban J connectivity index is 1.41. The summed E-state index contributed by atoms with van der Waals surface area (Å²) in [6.07, 6.45) is 0. The van der Waals surface area contributed by atoms with E-state index in [0.717, 1.165) is 33.8 Å². The van der Waals surface area contributed by atoms with Gasteiger partial charge in [-0.15, -0.1) is 0 Å². The summed E-state index contributed by atoms with van der Waals surface area (Å²) in [5.41, 5.74) is 1.64. The zero-order valence-electron chi connectivity index (χ0n) is 17.9. The number of urea groups is 1. The number of hydrogen-bond acceptors (Lipinski definition) is 4. The smallest absolute Gasteiger partial charge is 0.317 e. The van der Waals surface area contributed by atoms with E-state index in [1.807, 2.05) is 55.5 Å². The molecule has 1 aromatic heterocycles. The minimum atomic E-state index is -0.269. The molecule has 0 spiro atoms. The number of ether oxygens (including phenoxy) is 2. The summed E-state index contributed by atoms with van der Waals surface area (Å²) >= 11 is 0. The van der Waals surface area contributed by atoms with E-state index < -0.39 is 0 Å². The van der Waals surface area contributed by atoms with Crippen molar-refractivity contribution in [3.8, 4) is 11.5 Å². The van der Waals surface area contributed by atoms with Gasteiger partial charge in [-0.1, -0.05) is 38.1 Å². The van der Waals surface area contributed by atoms with Crippen molar-refractivity contribution in [2.45, 2.75) is 32.2 Å². The molecular weight excluding hydrogens is 380 g/mol. The van der Waals surface area contributed by atoms with Gasteiger partial charge in [0.25, 0.3) is 0 Å². The first-order chi connectivity index (χ1) is 14.3. The Morgan fingerprint density at radius 3 is 2.60 bits per heavy atom. The number of rotatable bonds is 5. The average Bonchev–Trinajstić information content (AvgIpc) is 3.20. The summed E-state index contributed by atoms with van der Waals surface area (Å²) in [5.74, 6) is 2.29. The van der Waals surface area contributed by atoms with Crippen molar-refractivity contribution in [1.82, 2.24) is 10.2 Å². The fraction of sp³-hybridized carbons (Fsp3) is 0.375. The predicted octanol–water partition coefficient (Wildman–Crippen LogP) is 4.88. The highest BCUT2D eigenvalue weighted by molar-refractivity contribution is 5.78. The standard InChI is InChI=1S/C24H28N2O4/c1-16(21-13-17-7-5-6-8-19(17)30-21)26(4)23(27)25-15-24(2,3)18-9-10-20-22(14-18)29-12-11-28-20/h5-10,13-14,16H,11-12,15H2,1-4H3,(H,25,27). The average molecular weight is 408 g/mol. The van der Waals surface area contributed by atoms with Gasteiger partial charge in [0.2, 0.25) is 0 Å². The third kappa shape index (κ3) is 3.95. The Morgan fingerprint density at radius 1 is 1.10 bits per heavy atom. The van der Waals surface area contributed by atoms with Crippen LogP contribution in [0.25, 0.3) is 11.0 Å². The molecule has 0 saturated carbocycles. The maximum atomic E-state index is 12.8. The lowest BCUT2D eigenvalue weighted by atomic mass is 9.84. The van der Waals surface area contributed by atoms with Crippen LogP contribution in [-0.4, -0.2) is 37.7 Å². The van der Waals surface area contributed by atoms with Crippen LogP contribution in [0.2, 0.25) is 0 Å². The number of para-hydroxylation sites is 1. The number of carbonyl (C=O) groups is 1. The first-order valence-corrected chi connectivity index (χ1v) is 10.2. The lowest BCUT2D eigenvalue weighted by Crippen LogP contribution is -2.44. The molecule has 1 unspecified atom stereocenters. The van der Waals surface area contributed by atoms with Gasteiger partial charge in [0, 0.05) is 24.4 Å². The Hall–Kier alpha value is -3.15. The SMILES string of the molecule is CC(c1cc2ccccc2o1)N(C)C(=O)NCC(C)(C)c1ccc2c(c1)OCCO2. The van der Waals surface area contributed by atoms with Crippen LogP contribution in [0.15, 0.2) is 52.9 Å². The fourth-order valence-electron chi connectivity index (χ4n) is 3.56. The van der Waals surface area contributed by atoms with E-state index in [1.165, 1.54) is 0 Å². The quantitative estimate of drug-likeness (QED) is 0.653. The van der Waals surface area contributed by atoms with Crippen LogP contribution < -0.4 is 14.8 Å². The Bertz CT molecular complexity index is 1020. The number of amides is 2. The molecule has 2 amide bonds. The largest absolute Gasteiger partial charge is 0.486 e. The minimum absolute atomic E-state index is 0.145. The monoisotopic (exact) mass is 408 g/mol. The molecule has 1 aliphatic rings. The van der Waals surface area contributed by atoms with Crippen LogP contribution in [0.3, 0.4) is 0 Å². The number of fused-ring (bicyclic) bond motifs is 2. The summed E-state index contributed by atoms with van der Waals surface area (Å²) < 4.78 is 17.2. The highest BCUT2D eigenvalue weighted by Gasteiger charge is 2.26. The second-order valence-corrected chi connectivity index (χ2v) is 8.37. The lowest BCUT2D eigenvalue weighted by Gasteiger charge is -2.30. The van der Waals surface area contributed by atoms with Crippen molar-refractivity contribution in [1.29, 1.82) is 0 Å². The second-order valence-electron chi connectivity index (χ2n) is 8.37. The molecule has 6 nitrogen and oxygen atoms in total. The van der Waals surface area contributed by atoms with Crippen molar-refractivity contribution in [3.05, 3.63) is 59.9 Å². The van der Waals surface area contributed by atoms with Crippen molar-refractivity contribution < 1.29 is 18.7 Å². The van der Waals surface area contributed by atoms with Crippen LogP contribution >= 0.6 is 0 Å². The molecule has 30 heavy (non-hydrogen) atoms. The van der Waals surface area contributed by atoms with E-state index in [1.54, 1.807) is 11.9 Å². The van der Waals surface area contributed by atoms with E-state index in [2.05, 4.69) is 19.2 Å². The maximum absolute atomic E-state index is 12.8. The highest BCUT2D eigenvalue weighted by atomic mass is 16.6. The molecule has 0 fully saturated rings. The van der Waals surface area contributed by atoms with Crippen molar-refractivity contribution >= 4 is 17.0 Å². The third-order valence-electron chi connectivity index (χ3n) is 5.76. The molecule has 2 aromatic carbocycles. The third-order valence-corrected chi connectivity index (χ3v) is 5.76. The first kappa shape index (κ1) is 20.1. The van der Waals surface area contributed by atoms with E-state index in [-0.39, 0.29) is 17.5 Å². The molecule has 0 saturated heterocycles. The molecule has 1 aliphatic heterocycles. The van der Waals surface area contributed by atoms with E-state index in [0.29, 0.717) is 19.8 Å². The number of furan rings is 1. The molecule has 0 bridgehead atoms. The fourth-order valence-corrected chi connectivity index (χ4v) is 3.56. The van der Waals surface area contributed by atoms with E-state index >= 15 is 0 Å². The second kappa shape index (κ2) is 7.94. The molecule has 3 aromatic rings. The lowest BCUT2D eigenvalue weighted by molar-refractivity contribution is 0.171. The molecule has 158 valence electrons. The maximum Gasteiger partial charge on any atom is 0.317 e. The summed E-state index contributed by atoms with van der Waals surface area (Å²) in [6.45, 7) is 7.77. The number of nitrogens with zero attached hydrogens (tertiary/aromatic N) is 1. The van der Waals surface area contributed by atoms with Crippen molar-refractivity contribution in [2.75, 3.05) is 26.8 Å². The summed E-state index contributed by atoms with van der Waals surface area (Å²) in [5, 5.41) is 4.09. The van der Waals surface area contributed by atoms with Gasteiger partial charge in [-0.25, -0.2) is 4.79 Å². The van der Waals surface area contributed by atoms with Crippen molar-refractivity contribution in [3.63, 3.8) is 0 Å². The van der Waals surface area contributed by atoms with E-state index in [9.17, 15) is 4.79 Å². The Kier molecular flexibility index (Phi) is 5.33. The topological polar surface area (TPSA) is 63.9 Å². The van der Waals surface area contributed by atoms with Gasteiger partial charge < -0.3 is 24.1 Å². The summed E-state index contributed by atoms with van der Waals surface area (Å²) in [4.78, 5) is 14.5. The van der Waals surface area contributed by atoms with Gasteiger partial charge in [0.1, 0.15) is 24.6 Å². The van der Waals surface area contributed by atoms with Crippen molar-refractivity contribution in [2.24, 2.45) is 0 Å². The first-order valence-electron chi connectivity index (χ1n) is 10.2. The predicted molar refractivity (Wildman–Crippen MR) is 116 cm³/mol. The molecular formula is C24H28N2O4. The van der Waals surface area contributed by atoms with Crippen LogP contribution in [0.5, 0.6) is 11.5 Å². The molecule has 6 heteroatoms. The van der Waals surface area contributed by atoms with Crippen LogP contribution in [0, 0.1) is 0 Å². The van der Waals surface area contributed by atoms with Crippen LogP contribution in [0.1, 0.15) is 38.1 Å². The minimum Gasteiger partial charge on any atom is -0.486 e. The number of nitrogens with one attached hydrogen (secondary N) is 1. The normalized spacial score (nSPS) is 14.4. The number of benzene rings is 2. The Morgan fingerprint density at radius 2 is 1.83 bits per heavy atom. The summed E-state index contributed by atoms with van der Waals surface area (Å²) in [7, 11) is 1.78. The number of carbonyl (C=O) groups excluding carboxylic acids is 1.